The van der Waals surface area contributed by atoms with E-state index in [0.717, 1.165) is 0 Å². The van der Waals surface area contributed by atoms with Crippen LogP contribution in [0.3, 0.4) is 0 Å². The van der Waals surface area contributed by atoms with Crippen molar-refractivity contribution in [3.8, 4) is 0 Å². The second-order valence-electron chi connectivity index (χ2n) is 4.61. The normalized spacial score (nSPS) is 28.5. The van der Waals surface area contributed by atoms with Crippen LogP contribution < -0.4 is 5.32 Å². The lowest BCUT2D eigenvalue weighted by Crippen LogP contribution is -2.69. The van der Waals surface area contributed by atoms with Gasteiger partial charge in [-0.2, -0.15) is 13.2 Å². The minimum atomic E-state index is -4.32. The van der Waals surface area contributed by atoms with Crippen LogP contribution in [0, 0.1) is 0 Å². The van der Waals surface area contributed by atoms with E-state index < -0.39 is 17.1 Å². The van der Waals surface area contributed by atoms with Gasteiger partial charge in [0.05, 0.1) is 0 Å². The molecule has 0 aromatic heterocycles. The van der Waals surface area contributed by atoms with Crippen LogP contribution in [0.1, 0.15) is 27.2 Å². The van der Waals surface area contributed by atoms with Gasteiger partial charge in [-0.25, -0.2) is 0 Å². The number of carbonyl (C=O) groups is 2. The molecule has 0 spiro atoms. The van der Waals surface area contributed by atoms with Crippen molar-refractivity contribution in [1.82, 2.24) is 10.2 Å². The Morgan fingerprint density at radius 3 is 2.47 bits per heavy atom. The minimum absolute atomic E-state index is 0.0922. The lowest BCUT2D eigenvalue weighted by Gasteiger charge is -2.45. The quantitative estimate of drug-likeness (QED) is 0.860. The Hall–Kier alpha value is -0.920. The van der Waals surface area contributed by atoms with E-state index in [2.05, 4.69) is 5.32 Å². The fraction of sp³-hybridized carbons (Fsp3) is 0.818. The molecule has 0 bridgehead atoms. The molecule has 0 aromatic carbocycles. The molecule has 1 saturated heterocycles. The van der Waals surface area contributed by atoms with Gasteiger partial charge in [-0.05, 0) is 32.0 Å². The molecule has 1 N–H and O–H groups in total. The Bertz CT molecular complexity index is 375. The number of amides is 2. The molecule has 2 unspecified atom stereocenters. The summed E-state index contributed by atoms with van der Waals surface area (Å²) in [5, 5.41) is 2.55. The number of halogens is 3. The molecule has 110 valence electrons. The van der Waals surface area contributed by atoms with Crippen molar-refractivity contribution in [2.45, 2.75) is 44.3 Å². The molecule has 1 fully saturated rings. The zero-order valence-electron chi connectivity index (χ0n) is 11.0. The van der Waals surface area contributed by atoms with Gasteiger partial charge >= 0.3 is 5.51 Å². The van der Waals surface area contributed by atoms with Crippen LogP contribution in [-0.4, -0.2) is 46.1 Å². The maximum absolute atomic E-state index is 12.1. The maximum Gasteiger partial charge on any atom is 0.441 e. The number of piperazine rings is 1. The zero-order valence-corrected chi connectivity index (χ0v) is 11.8. The third kappa shape index (κ3) is 3.55. The van der Waals surface area contributed by atoms with Gasteiger partial charge in [0.15, 0.2) is 0 Å². The van der Waals surface area contributed by atoms with Crippen LogP contribution >= 0.6 is 11.8 Å². The summed E-state index contributed by atoms with van der Waals surface area (Å²) in [7, 11) is 0. The summed E-state index contributed by atoms with van der Waals surface area (Å²) < 4.78 is 36.3. The largest absolute Gasteiger partial charge is 0.441 e. The number of rotatable bonds is 4. The molecule has 0 aromatic rings. The Kier molecular flexibility index (Phi) is 4.76. The first-order valence-electron chi connectivity index (χ1n) is 5.95. The highest BCUT2D eigenvalue weighted by Gasteiger charge is 2.46. The molecule has 8 heteroatoms. The first kappa shape index (κ1) is 16.1. The lowest BCUT2D eigenvalue weighted by atomic mass is 9.91. The fourth-order valence-corrected chi connectivity index (χ4v) is 2.48. The molecule has 19 heavy (non-hydrogen) atoms. The topological polar surface area (TPSA) is 49.4 Å². The molecule has 0 aliphatic carbocycles. The van der Waals surface area contributed by atoms with Crippen LogP contribution in [0.4, 0.5) is 13.2 Å². The molecular weight excluding hydrogens is 281 g/mol. The van der Waals surface area contributed by atoms with Crippen molar-refractivity contribution >= 4 is 23.6 Å². The molecular formula is C11H17F3N2O2S. The van der Waals surface area contributed by atoms with Crippen molar-refractivity contribution in [3.05, 3.63) is 0 Å². The summed E-state index contributed by atoms with van der Waals surface area (Å²) in [5.41, 5.74) is -5.40. The highest BCUT2D eigenvalue weighted by atomic mass is 32.2. The van der Waals surface area contributed by atoms with E-state index in [9.17, 15) is 22.8 Å². The standard InChI is InChI=1S/C11H17F3N2O2S/c1-4-10(3)9(18)15-7(2)8(17)16(10)5-6-19-11(12,13)14/h7H,4-6H2,1-3H3,(H,15,18). The Labute approximate surface area is 114 Å². The maximum atomic E-state index is 12.1. The van der Waals surface area contributed by atoms with Crippen LogP contribution in [0.2, 0.25) is 0 Å². The number of nitrogens with one attached hydrogen (secondary N) is 1. The van der Waals surface area contributed by atoms with E-state index in [1.165, 1.54) is 11.8 Å². The van der Waals surface area contributed by atoms with Crippen molar-refractivity contribution in [1.29, 1.82) is 0 Å². The number of thioether (sulfide) groups is 1. The van der Waals surface area contributed by atoms with Crippen molar-refractivity contribution in [2.24, 2.45) is 0 Å². The monoisotopic (exact) mass is 298 g/mol. The van der Waals surface area contributed by atoms with Crippen LogP contribution in [-0.2, 0) is 9.59 Å². The average Bonchev–Trinajstić information content (AvgIpc) is 2.29. The molecule has 0 radical (unpaired) electrons. The molecule has 1 heterocycles. The molecule has 2 amide bonds. The molecule has 4 nitrogen and oxygen atoms in total. The highest BCUT2D eigenvalue weighted by molar-refractivity contribution is 8.00. The Morgan fingerprint density at radius 2 is 2.00 bits per heavy atom. The van der Waals surface area contributed by atoms with E-state index in [1.54, 1.807) is 13.8 Å². The van der Waals surface area contributed by atoms with E-state index in [1.807, 2.05) is 0 Å². The van der Waals surface area contributed by atoms with E-state index in [0.29, 0.717) is 6.42 Å². The van der Waals surface area contributed by atoms with Gasteiger partial charge in [0, 0.05) is 12.3 Å². The summed E-state index contributed by atoms with van der Waals surface area (Å²) in [5.74, 6) is -0.934. The van der Waals surface area contributed by atoms with Gasteiger partial charge < -0.3 is 10.2 Å². The second-order valence-corrected chi connectivity index (χ2v) is 5.77. The third-order valence-corrected chi connectivity index (χ3v) is 4.05. The third-order valence-electron chi connectivity index (χ3n) is 3.34. The molecule has 1 rings (SSSR count). The van der Waals surface area contributed by atoms with Gasteiger partial charge in [0.2, 0.25) is 11.8 Å². The van der Waals surface area contributed by atoms with E-state index in [-0.39, 0.29) is 35.9 Å². The van der Waals surface area contributed by atoms with Crippen LogP contribution in [0.5, 0.6) is 0 Å². The van der Waals surface area contributed by atoms with Gasteiger partial charge in [-0.15, -0.1) is 0 Å². The average molecular weight is 298 g/mol. The molecule has 0 saturated carbocycles. The SMILES string of the molecule is CCC1(C)C(=O)NC(C)C(=O)N1CCSC(F)(F)F. The van der Waals surface area contributed by atoms with E-state index >= 15 is 0 Å². The number of hydrogen-bond acceptors (Lipinski definition) is 3. The summed E-state index contributed by atoms with van der Waals surface area (Å²) in [6, 6.07) is -0.692. The smallest absolute Gasteiger partial charge is 0.343 e. The Balaban J connectivity index is 2.80. The number of hydrogen-bond donors (Lipinski definition) is 1. The summed E-state index contributed by atoms with van der Waals surface area (Å²) >= 11 is -0.183. The number of alkyl halides is 3. The highest BCUT2D eigenvalue weighted by Crippen LogP contribution is 2.31. The second kappa shape index (κ2) is 5.60. The predicted octanol–water partition coefficient (Wildman–Crippen LogP) is 1.76. The minimum Gasteiger partial charge on any atom is -0.343 e. The first-order chi connectivity index (χ1) is 8.62. The molecule has 2 atom stereocenters. The number of carbonyl (C=O) groups excluding carboxylic acids is 2. The van der Waals surface area contributed by atoms with Gasteiger partial charge in [0.25, 0.3) is 0 Å². The Morgan fingerprint density at radius 1 is 1.42 bits per heavy atom. The summed E-state index contributed by atoms with van der Waals surface area (Å²) in [6.45, 7) is 4.74. The van der Waals surface area contributed by atoms with Crippen LogP contribution in [0.15, 0.2) is 0 Å². The van der Waals surface area contributed by atoms with Crippen molar-refractivity contribution in [3.63, 3.8) is 0 Å². The van der Waals surface area contributed by atoms with Crippen LogP contribution in [0.25, 0.3) is 0 Å². The zero-order chi connectivity index (χ0) is 14.8. The predicted molar refractivity (Wildman–Crippen MR) is 66.5 cm³/mol. The molecule has 1 aliphatic heterocycles. The lowest BCUT2D eigenvalue weighted by molar-refractivity contribution is -0.155. The van der Waals surface area contributed by atoms with Crippen molar-refractivity contribution in [2.75, 3.05) is 12.3 Å². The molecule has 1 aliphatic rings. The van der Waals surface area contributed by atoms with Gasteiger partial charge in [-0.3, -0.25) is 9.59 Å². The summed E-state index contributed by atoms with van der Waals surface area (Å²) in [4.78, 5) is 25.2. The summed E-state index contributed by atoms with van der Waals surface area (Å²) in [6.07, 6.45) is 0.355. The fourth-order valence-electron chi connectivity index (χ4n) is 1.97. The van der Waals surface area contributed by atoms with Crippen molar-refractivity contribution < 1.29 is 22.8 Å². The first-order valence-corrected chi connectivity index (χ1v) is 6.93. The number of nitrogens with zero attached hydrogens (tertiary/aromatic N) is 1. The van der Waals surface area contributed by atoms with E-state index in [4.69, 9.17) is 0 Å². The van der Waals surface area contributed by atoms with Gasteiger partial charge in [0.1, 0.15) is 11.6 Å². The van der Waals surface area contributed by atoms with Gasteiger partial charge in [-0.1, -0.05) is 6.92 Å².